The van der Waals surface area contributed by atoms with Crippen LogP contribution in [-0.2, 0) is 24.0 Å². The third-order valence-corrected chi connectivity index (χ3v) is 7.78. The van der Waals surface area contributed by atoms with Gasteiger partial charge < -0.3 is 64.1 Å². The van der Waals surface area contributed by atoms with Crippen LogP contribution in [0.4, 0.5) is 10.5 Å². The van der Waals surface area contributed by atoms with Crippen LogP contribution in [0.5, 0.6) is 11.5 Å². The van der Waals surface area contributed by atoms with Crippen LogP contribution in [0.15, 0.2) is 60.4 Å². The van der Waals surface area contributed by atoms with Crippen molar-refractivity contribution in [3.8, 4) is 11.5 Å². The highest BCUT2D eigenvalue weighted by Crippen LogP contribution is 2.24. The Morgan fingerprint density at radius 3 is 2.24 bits per heavy atom. The van der Waals surface area contributed by atoms with Crippen molar-refractivity contribution in [1.29, 1.82) is 5.41 Å². The molecule has 272 valence electrons. The van der Waals surface area contributed by atoms with Crippen molar-refractivity contribution in [2.75, 3.05) is 25.0 Å². The van der Waals surface area contributed by atoms with E-state index in [9.17, 15) is 28.8 Å². The van der Waals surface area contributed by atoms with E-state index in [0.717, 1.165) is 6.20 Å². The quantitative estimate of drug-likeness (QED) is 0.144. The van der Waals surface area contributed by atoms with Gasteiger partial charge in [-0.3, -0.25) is 29.4 Å². The fourth-order valence-electron chi connectivity index (χ4n) is 4.73. The van der Waals surface area contributed by atoms with E-state index in [2.05, 4.69) is 47.9 Å². The van der Waals surface area contributed by atoms with E-state index in [1.807, 2.05) is 0 Å². The molecule has 7 amide bonds. The minimum atomic E-state index is -1.39. The van der Waals surface area contributed by atoms with Gasteiger partial charge in [0.05, 0.1) is 6.04 Å². The standard InChI is InChI=1S/C31H39ClN12O7/c1-15-25(45)41-22(12-33)27(47)42-23(14-38-31(50)40-17-4-8-19(9-5-17)51-18-6-2-16(32)3-7-18)28(48)44-24(21-10-11-36-30(35)43-21)29(49)37-13-20(34)26(46)39-15/h2-9,14-15,20-22,24H,10-13,33-34H2,1H3,(H,37,49)(H,39,46)(H,41,45)(H,42,47)(H,44,48)(H3,35,36,43)(H2,38,40,50)/b23-14-/t15-,20-,21?,22-,24-/m0/s1. The normalized spacial score (nSPS) is 24.4. The first-order valence-corrected chi connectivity index (χ1v) is 16.1. The molecule has 0 bridgehead atoms. The average molecular weight is 727 g/mol. The molecule has 0 spiro atoms. The summed E-state index contributed by atoms with van der Waals surface area (Å²) in [5, 5.41) is 31.1. The molecule has 20 heteroatoms. The zero-order valence-corrected chi connectivity index (χ0v) is 28.1. The number of halogens is 1. The Labute approximate surface area is 296 Å². The molecule has 2 heterocycles. The molecule has 2 aromatic carbocycles. The van der Waals surface area contributed by atoms with Gasteiger partial charge in [0.1, 0.15) is 41.4 Å². The highest BCUT2D eigenvalue weighted by atomic mass is 35.5. The summed E-state index contributed by atoms with van der Waals surface area (Å²) in [7, 11) is 0. The van der Waals surface area contributed by atoms with E-state index in [1.54, 1.807) is 48.5 Å². The summed E-state index contributed by atoms with van der Waals surface area (Å²) < 4.78 is 5.75. The van der Waals surface area contributed by atoms with E-state index in [4.69, 9.17) is 33.2 Å². The minimum Gasteiger partial charge on any atom is -0.457 e. The van der Waals surface area contributed by atoms with Gasteiger partial charge in [-0.1, -0.05) is 11.6 Å². The molecule has 2 fully saturated rings. The zero-order valence-electron chi connectivity index (χ0n) is 27.3. The molecule has 0 aromatic heterocycles. The van der Waals surface area contributed by atoms with Gasteiger partial charge in [-0.05, 0) is 61.9 Å². The van der Waals surface area contributed by atoms with Crippen molar-refractivity contribution in [3.63, 3.8) is 0 Å². The number of guanidine groups is 1. The Kier molecular flexibility index (Phi) is 13.1. The fraction of sp³-hybridized carbons (Fsp3) is 0.323. The number of hydrogen-bond acceptors (Lipinski definition) is 10. The number of anilines is 1. The Morgan fingerprint density at radius 1 is 0.922 bits per heavy atom. The Morgan fingerprint density at radius 2 is 1.59 bits per heavy atom. The second-order valence-corrected chi connectivity index (χ2v) is 11.8. The molecular formula is C31H39ClN12O7. The second kappa shape index (κ2) is 17.7. The lowest BCUT2D eigenvalue weighted by atomic mass is 10.0. The van der Waals surface area contributed by atoms with Crippen molar-refractivity contribution < 1.29 is 33.5 Å². The molecule has 1 unspecified atom stereocenters. The molecule has 0 aliphatic carbocycles. The summed E-state index contributed by atoms with van der Waals surface area (Å²) in [6.45, 7) is 0.866. The molecule has 51 heavy (non-hydrogen) atoms. The fourth-order valence-corrected chi connectivity index (χ4v) is 4.86. The van der Waals surface area contributed by atoms with Gasteiger partial charge in [-0.2, -0.15) is 0 Å². The van der Waals surface area contributed by atoms with E-state index < -0.39 is 78.0 Å². The van der Waals surface area contributed by atoms with Crippen LogP contribution in [0.1, 0.15) is 13.3 Å². The van der Waals surface area contributed by atoms with Crippen LogP contribution in [-0.4, -0.2) is 91.4 Å². The van der Waals surface area contributed by atoms with Crippen molar-refractivity contribution in [1.82, 2.24) is 42.5 Å². The lowest BCUT2D eigenvalue weighted by molar-refractivity contribution is -0.132. The van der Waals surface area contributed by atoms with Gasteiger partial charge >= 0.3 is 6.03 Å². The molecule has 14 N–H and O–H groups in total. The summed E-state index contributed by atoms with van der Waals surface area (Å²) in [6.07, 6.45) is 1.17. The van der Waals surface area contributed by atoms with Crippen LogP contribution < -0.4 is 64.1 Å². The molecule has 19 nitrogen and oxygen atoms in total. The Bertz CT molecular complexity index is 1670. The number of amides is 7. The number of rotatable bonds is 6. The van der Waals surface area contributed by atoms with Gasteiger partial charge in [0, 0.05) is 36.5 Å². The predicted octanol–water partition coefficient (Wildman–Crippen LogP) is -2.01. The van der Waals surface area contributed by atoms with E-state index in [1.165, 1.54) is 6.92 Å². The number of benzene rings is 2. The largest absolute Gasteiger partial charge is 0.457 e. The van der Waals surface area contributed by atoms with E-state index >= 15 is 0 Å². The van der Waals surface area contributed by atoms with E-state index in [0.29, 0.717) is 28.8 Å². The number of urea groups is 1. The van der Waals surface area contributed by atoms with Crippen LogP contribution >= 0.6 is 11.6 Å². The summed E-state index contributed by atoms with van der Waals surface area (Å²) in [4.78, 5) is 78.5. The Balaban J connectivity index is 1.55. The molecule has 4 rings (SSSR count). The molecular weight excluding hydrogens is 688 g/mol. The van der Waals surface area contributed by atoms with Gasteiger partial charge in [-0.15, -0.1) is 0 Å². The summed E-state index contributed by atoms with van der Waals surface area (Å²) in [5.74, 6) is -3.36. The maximum absolute atomic E-state index is 13.7. The van der Waals surface area contributed by atoms with Crippen molar-refractivity contribution in [2.24, 2.45) is 11.5 Å². The molecule has 0 radical (unpaired) electrons. The number of carbonyl (C=O) groups is 6. The average Bonchev–Trinajstić information content (AvgIpc) is 3.11. The van der Waals surface area contributed by atoms with Crippen LogP contribution in [0.25, 0.3) is 0 Å². The van der Waals surface area contributed by atoms with Gasteiger partial charge in [0.15, 0.2) is 5.96 Å². The van der Waals surface area contributed by atoms with Crippen LogP contribution in [0.2, 0.25) is 5.02 Å². The topological polar surface area (TPSA) is 296 Å². The van der Waals surface area contributed by atoms with Crippen molar-refractivity contribution in [2.45, 2.75) is 43.6 Å². The number of hydrogen-bond donors (Lipinski definition) is 12. The minimum absolute atomic E-state index is 0.0981. The predicted molar refractivity (Wildman–Crippen MR) is 185 cm³/mol. The summed E-state index contributed by atoms with van der Waals surface area (Å²) in [6, 6.07) is 6.29. The van der Waals surface area contributed by atoms with Crippen molar-refractivity contribution in [3.05, 3.63) is 65.5 Å². The number of carbonyl (C=O) groups excluding carboxylic acids is 6. The Hall–Kier alpha value is -5.92. The smallest absolute Gasteiger partial charge is 0.323 e. The third-order valence-electron chi connectivity index (χ3n) is 7.52. The number of nitrogens with one attached hydrogen (secondary N) is 10. The first-order chi connectivity index (χ1) is 24.3. The molecule has 2 aromatic rings. The van der Waals surface area contributed by atoms with Crippen LogP contribution in [0, 0.1) is 5.41 Å². The first-order valence-electron chi connectivity index (χ1n) is 15.7. The lowest BCUT2D eigenvalue weighted by Gasteiger charge is -2.33. The molecule has 2 aliphatic heterocycles. The first kappa shape index (κ1) is 37.9. The SMILES string of the molecule is C[C@@H]1NC(=O)[C@@H](N)CNC(=O)[C@H](C2CCNC(=N)N2)NC(=O)/C(=C/NC(=O)Nc2ccc(Oc3ccc(Cl)cc3)cc2)NC(=O)[C@H](CN)NC1=O. The van der Waals surface area contributed by atoms with Gasteiger partial charge in [0.25, 0.3) is 5.91 Å². The molecule has 0 saturated carbocycles. The third kappa shape index (κ3) is 11.0. The highest BCUT2D eigenvalue weighted by molar-refractivity contribution is 6.30. The number of ether oxygens (including phenoxy) is 1. The molecule has 2 saturated heterocycles. The monoisotopic (exact) mass is 726 g/mol. The maximum Gasteiger partial charge on any atom is 0.323 e. The van der Waals surface area contributed by atoms with Gasteiger partial charge in [-0.25, -0.2) is 4.79 Å². The van der Waals surface area contributed by atoms with Gasteiger partial charge in [0.2, 0.25) is 23.6 Å². The maximum atomic E-state index is 13.7. The second-order valence-electron chi connectivity index (χ2n) is 11.4. The lowest BCUT2D eigenvalue weighted by Crippen LogP contribution is -2.64. The van der Waals surface area contributed by atoms with E-state index in [-0.39, 0.29) is 18.9 Å². The van der Waals surface area contributed by atoms with Crippen molar-refractivity contribution >= 4 is 58.8 Å². The highest BCUT2D eigenvalue weighted by Gasteiger charge is 2.35. The summed E-state index contributed by atoms with van der Waals surface area (Å²) in [5.41, 5.74) is 11.5. The zero-order chi connectivity index (χ0) is 37.1. The summed E-state index contributed by atoms with van der Waals surface area (Å²) >= 11 is 5.91. The molecule has 2 aliphatic rings. The number of nitrogens with two attached hydrogens (primary N) is 2. The van der Waals surface area contributed by atoms with Crippen LogP contribution in [0.3, 0.4) is 0 Å². The molecule has 5 atom stereocenters.